The minimum atomic E-state index is 0.164. The lowest BCUT2D eigenvalue weighted by Crippen LogP contribution is -2.52. The molecule has 0 aliphatic heterocycles. The molecule has 2 rings (SSSR count). The van der Waals surface area contributed by atoms with Gasteiger partial charge in [0, 0.05) is 0 Å². The zero-order valence-electron chi connectivity index (χ0n) is 11.5. The van der Waals surface area contributed by atoms with Crippen LogP contribution in [0.25, 0.3) is 0 Å². The summed E-state index contributed by atoms with van der Waals surface area (Å²) in [6, 6.07) is 16.2. The number of benzene rings is 2. The number of rotatable bonds is 5. The highest BCUT2D eigenvalue weighted by atomic mass is 16.5. The second kappa shape index (κ2) is 6.30. The maximum atomic E-state index is 5.18. The van der Waals surface area contributed by atoms with Gasteiger partial charge in [0.1, 0.15) is 11.5 Å². The Hall–Kier alpha value is -1.94. The van der Waals surface area contributed by atoms with Crippen LogP contribution in [0, 0.1) is 0 Å². The summed E-state index contributed by atoms with van der Waals surface area (Å²) in [6.45, 7) is 0.164. The Balaban J connectivity index is 2.26. The molecule has 0 heterocycles. The van der Waals surface area contributed by atoms with Crippen LogP contribution < -0.4 is 25.6 Å². The van der Waals surface area contributed by atoms with Crippen molar-refractivity contribution >= 4 is 17.8 Å². The predicted molar refractivity (Wildman–Crippen MR) is 80.1 cm³/mol. The van der Waals surface area contributed by atoms with Gasteiger partial charge in [-0.2, -0.15) is 0 Å². The maximum Gasteiger partial charge on any atom is 0.289 e. The van der Waals surface area contributed by atoms with Crippen LogP contribution in [-0.4, -0.2) is 28.1 Å². The molecule has 2 aromatic carbocycles. The van der Waals surface area contributed by atoms with Crippen molar-refractivity contribution in [3.63, 3.8) is 0 Å². The van der Waals surface area contributed by atoms with Gasteiger partial charge in [-0.25, -0.2) is 0 Å². The standard InChI is InChI=1S/C15H18BNO2/c1-17-16(12-4-8-14(18-2)9-5-12)13-6-10-15(19-3)11-7-13/h4-11,17H,1-3H3. The third kappa shape index (κ3) is 3.09. The molecule has 2 aromatic rings. The molecule has 0 aliphatic rings. The quantitative estimate of drug-likeness (QED) is 0.809. The molecule has 0 unspecified atom stereocenters. The number of methoxy groups -OCH3 is 2. The van der Waals surface area contributed by atoms with Gasteiger partial charge in [0.05, 0.1) is 14.2 Å². The Morgan fingerprint density at radius 1 is 0.737 bits per heavy atom. The predicted octanol–water partition coefficient (Wildman–Crippen LogP) is 1.03. The van der Waals surface area contributed by atoms with Crippen LogP contribution in [0.1, 0.15) is 0 Å². The number of nitrogens with one attached hydrogen (secondary N) is 1. The molecule has 0 bridgehead atoms. The lowest BCUT2D eigenvalue weighted by molar-refractivity contribution is 0.415. The van der Waals surface area contributed by atoms with E-state index in [0.29, 0.717) is 0 Å². The van der Waals surface area contributed by atoms with Crippen molar-refractivity contribution in [3.05, 3.63) is 48.5 Å². The maximum absolute atomic E-state index is 5.18. The van der Waals surface area contributed by atoms with Crippen molar-refractivity contribution in [2.75, 3.05) is 21.3 Å². The van der Waals surface area contributed by atoms with E-state index < -0.39 is 0 Å². The zero-order chi connectivity index (χ0) is 13.7. The first-order chi connectivity index (χ1) is 9.28. The molecule has 0 aromatic heterocycles. The van der Waals surface area contributed by atoms with E-state index in [9.17, 15) is 0 Å². The molecular weight excluding hydrogens is 237 g/mol. The minimum Gasteiger partial charge on any atom is -0.497 e. The molecule has 0 saturated carbocycles. The van der Waals surface area contributed by atoms with Crippen molar-refractivity contribution < 1.29 is 9.47 Å². The summed E-state index contributed by atoms with van der Waals surface area (Å²) < 4.78 is 10.4. The van der Waals surface area contributed by atoms with E-state index in [0.717, 1.165) is 11.5 Å². The molecular formula is C15H18BNO2. The van der Waals surface area contributed by atoms with E-state index in [4.69, 9.17) is 9.47 Å². The summed E-state index contributed by atoms with van der Waals surface area (Å²) in [7, 11) is 5.31. The fourth-order valence-corrected chi connectivity index (χ4v) is 2.12. The van der Waals surface area contributed by atoms with Gasteiger partial charge < -0.3 is 14.7 Å². The van der Waals surface area contributed by atoms with Crippen molar-refractivity contribution in [1.29, 1.82) is 0 Å². The SMILES string of the molecule is CNB(c1ccc(OC)cc1)c1ccc(OC)cc1. The van der Waals surface area contributed by atoms with Crippen molar-refractivity contribution in [1.82, 2.24) is 5.23 Å². The number of hydrogen-bond acceptors (Lipinski definition) is 3. The Labute approximate surface area is 114 Å². The van der Waals surface area contributed by atoms with Gasteiger partial charge in [-0.05, 0) is 31.3 Å². The van der Waals surface area contributed by atoms with Gasteiger partial charge >= 0.3 is 0 Å². The molecule has 0 aliphatic carbocycles. The lowest BCUT2D eigenvalue weighted by atomic mass is 9.51. The van der Waals surface area contributed by atoms with Crippen LogP contribution in [-0.2, 0) is 0 Å². The van der Waals surface area contributed by atoms with Gasteiger partial charge in [-0.3, -0.25) is 0 Å². The number of ether oxygens (including phenoxy) is 2. The average molecular weight is 255 g/mol. The summed E-state index contributed by atoms with van der Waals surface area (Å²) in [5.74, 6) is 1.74. The summed E-state index contributed by atoms with van der Waals surface area (Å²) in [4.78, 5) is 0. The molecule has 4 heteroatoms. The largest absolute Gasteiger partial charge is 0.497 e. The fourth-order valence-electron chi connectivity index (χ4n) is 2.12. The molecule has 1 N–H and O–H groups in total. The van der Waals surface area contributed by atoms with Crippen LogP contribution >= 0.6 is 0 Å². The second-order valence-corrected chi connectivity index (χ2v) is 4.27. The third-order valence-corrected chi connectivity index (χ3v) is 3.19. The molecule has 0 amide bonds. The summed E-state index contributed by atoms with van der Waals surface area (Å²) in [6.07, 6.45) is 0. The van der Waals surface area contributed by atoms with Crippen LogP contribution in [0.15, 0.2) is 48.5 Å². The topological polar surface area (TPSA) is 30.5 Å². The second-order valence-electron chi connectivity index (χ2n) is 4.27. The molecule has 0 spiro atoms. The Kier molecular flexibility index (Phi) is 4.47. The Morgan fingerprint density at radius 2 is 1.11 bits per heavy atom. The monoisotopic (exact) mass is 255 g/mol. The molecule has 0 radical (unpaired) electrons. The van der Waals surface area contributed by atoms with Gasteiger partial charge in [-0.1, -0.05) is 35.2 Å². The van der Waals surface area contributed by atoms with Crippen molar-refractivity contribution in [2.45, 2.75) is 0 Å². The highest BCUT2D eigenvalue weighted by Crippen LogP contribution is 2.08. The van der Waals surface area contributed by atoms with E-state index in [2.05, 4.69) is 29.5 Å². The van der Waals surface area contributed by atoms with Crippen molar-refractivity contribution in [3.8, 4) is 11.5 Å². The van der Waals surface area contributed by atoms with Gasteiger partial charge in [0.25, 0.3) is 6.85 Å². The molecule has 0 atom stereocenters. The molecule has 19 heavy (non-hydrogen) atoms. The third-order valence-electron chi connectivity index (χ3n) is 3.19. The summed E-state index contributed by atoms with van der Waals surface area (Å²) in [5.41, 5.74) is 2.40. The van der Waals surface area contributed by atoms with Gasteiger partial charge in [-0.15, -0.1) is 0 Å². The normalized spacial score (nSPS) is 10.1. The smallest absolute Gasteiger partial charge is 0.289 e. The Bertz CT molecular complexity index is 463. The lowest BCUT2D eigenvalue weighted by Gasteiger charge is -2.14. The number of hydrogen-bond donors (Lipinski definition) is 1. The van der Waals surface area contributed by atoms with Gasteiger partial charge in [0.2, 0.25) is 0 Å². The van der Waals surface area contributed by atoms with Crippen LogP contribution in [0.2, 0.25) is 0 Å². The molecule has 3 nitrogen and oxygen atoms in total. The fraction of sp³-hybridized carbons (Fsp3) is 0.200. The molecule has 0 saturated heterocycles. The summed E-state index contributed by atoms with van der Waals surface area (Å²) in [5, 5.41) is 3.33. The zero-order valence-corrected chi connectivity index (χ0v) is 11.5. The highest BCUT2D eigenvalue weighted by Gasteiger charge is 2.17. The minimum absolute atomic E-state index is 0.164. The van der Waals surface area contributed by atoms with Crippen LogP contribution in [0.3, 0.4) is 0 Å². The van der Waals surface area contributed by atoms with E-state index in [1.54, 1.807) is 14.2 Å². The van der Waals surface area contributed by atoms with E-state index in [-0.39, 0.29) is 6.85 Å². The van der Waals surface area contributed by atoms with E-state index in [1.165, 1.54) is 10.9 Å². The highest BCUT2D eigenvalue weighted by molar-refractivity contribution is 6.83. The van der Waals surface area contributed by atoms with Gasteiger partial charge in [0.15, 0.2) is 0 Å². The van der Waals surface area contributed by atoms with Crippen LogP contribution in [0.5, 0.6) is 11.5 Å². The molecule has 98 valence electrons. The van der Waals surface area contributed by atoms with Crippen molar-refractivity contribution in [2.24, 2.45) is 0 Å². The van der Waals surface area contributed by atoms with Crippen LogP contribution in [0.4, 0.5) is 0 Å². The summed E-state index contributed by atoms with van der Waals surface area (Å²) >= 11 is 0. The first-order valence-electron chi connectivity index (χ1n) is 6.23. The first kappa shape index (κ1) is 13.5. The van der Waals surface area contributed by atoms with E-state index >= 15 is 0 Å². The molecule has 0 fully saturated rings. The van der Waals surface area contributed by atoms with E-state index in [1.807, 2.05) is 31.3 Å². The average Bonchev–Trinajstić information content (AvgIpc) is 2.49. The first-order valence-corrected chi connectivity index (χ1v) is 6.23. The Morgan fingerprint density at radius 3 is 1.37 bits per heavy atom.